The number of carbonyl (C=O) groups excluding carboxylic acids is 2. The van der Waals surface area contributed by atoms with E-state index >= 15 is 0 Å². The molecular weight excluding hydrogens is 580 g/mol. The zero-order valence-electron chi connectivity index (χ0n) is 27.3. The van der Waals surface area contributed by atoms with Crippen molar-refractivity contribution in [2.75, 3.05) is 32.8 Å². The van der Waals surface area contributed by atoms with Gasteiger partial charge in [-0.25, -0.2) is 0 Å². The minimum atomic E-state index is -0.687. The summed E-state index contributed by atoms with van der Waals surface area (Å²) in [6, 6.07) is 13.9. The van der Waals surface area contributed by atoms with Gasteiger partial charge in [0.2, 0.25) is 5.91 Å². The summed E-state index contributed by atoms with van der Waals surface area (Å²) < 4.78 is 13.2. The van der Waals surface area contributed by atoms with Crippen molar-refractivity contribution in [1.82, 2.24) is 24.3 Å². The zero-order chi connectivity index (χ0) is 32.3. The zero-order valence-corrected chi connectivity index (χ0v) is 27.3. The van der Waals surface area contributed by atoms with Gasteiger partial charge < -0.3 is 24.7 Å². The van der Waals surface area contributed by atoms with Crippen molar-refractivity contribution in [3.8, 4) is 0 Å². The quantitative estimate of drug-likeness (QED) is 0.250. The molecular formula is C36H46N6O4. The number of nitrogens with zero attached hydrogens (tertiary/aromatic N) is 5. The summed E-state index contributed by atoms with van der Waals surface area (Å²) in [7, 11) is 0. The molecule has 10 heteroatoms. The Hall–Kier alpha value is -3.86. The third kappa shape index (κ3) is 7.09. The van der Waals surface area contributed by atoms with Crippen molar-refractivity contribution in [3.05, 3.63) is 71.8 Å². The largest absolute Gasteiger partial charge is 0.459 e. The molecule has 46 heavy (non-hydrogen) atoms. The lowest BCUT2D eigenvalue weighted by Gasteiger charge is -2.35. The molecule has 4 aromatic rings. The first-order chi connectivity index (χ1) is 22.2. The van der Waals surface area contributed by atoms with Crippen LogP contribution in [0.4, 0.5) is 0 Å². The minimum Gasteiger partial charge on any atom is -0.459 e. The van der Waals surface area contributed by atoms with Gasteiger partial charge in [-0.1, -0.05) is 24.3 Å². The number of aromatic nitrogens is 3. The van der Waals surface area contributed by atoms with E-state index < -0.39 is 11.6 Å². The molecule has 4 heterocycles. The van der Waals surface area contributed by atoms with E-state index in [4.69, 9.17) is 25.2 Å². The Bertz CT molecular complexity index is 1690. The molecule has 0 bridgehead atoms. The Labute approximate surface area is 270 Å². The molecule has 0 saturated carbocycles. The minimum absolute atomic E-state index is 0.0825. The van der Waals surface area contributed by atoms with Gasteiger partial charge in [-0.05, 0) is 83.2 Å². The Kier molecular flexibility index (Phi) is 9.67. The van der Waals surface area contributed by atoms with Gasteiger partial charge in [-0.15, -0.1) is 0 Å². The van der Waals surface area contributed by atoms with Crippen LogP contribution in [0.5, 0.6) is 0 Å². The molecule has 6 rings (SSSR count). The molecule has 0 radical (unpaired) electrons. The second kappa shape index (κ2) is 13.9. The topological polar surface area (TPSA) is 116 Å². The fraction of sp³-hybridized carbons (Fsp3) is 0.500. The highest BCUT2D eigenvalue weighted by molar-refractivity contribution is 6.09. The summed E-state index contributed by atoms with van der Waals surface area (Å²) >= 11 is 0. The van der Waals surface area contributed by atoms with E-state index in [-0.39, 0.29) is 24.5 Å². The van der Waals surface area contributed by atoms with Gasteiger partial charge in [0.25, 0.3) is 0 Å². The number of para-hydroxylation sites is 1. The number of carbonyl (C=O) groups is 2. The van der Waals surface area contributed by atoms with E-state index in [1.165, 1.54) is 5.56 Å². The van der Waals surface area contributed by atoms with E-state index in [0.717, 1.165) is 52.5 Å². The molecule has 2 atom stereocenters. The smallest absolute Gasteiger partial charge is 0.323 e. The molecule has 1 saturated heterocycles. The molecule has 0 unspecified atom stereocenters. The maximum Gasteiger partial charge on any atom is 0.323 e. The average molecular weight is 627 g/mol. The van der Waals surface area contributed by atoms with Crippen LogP contribution < -0.4 is 5.73 Å². The Balaban J connectivity index is 1.33. The highest BCUT2D eigenvalue weighted by atomic mass is 16.6. The van der Waals surface area contributed by atoms with E-state index in [9.17, 15) is 9.59 Å². The molecule has 2 aliphatic rings. The average Bonchev–Trinajstić information content (AvgIpc) is 3.37. The number of morpholine rings is 1. The Morgan fingerprint density at radius 1 is 1.07 bits per heavy atom. The number of fused-ring (bicyclic) bond motifs is 4. The van der Waals surface area contributed by atoms with Crippen LogP contribution in [-0.4, -0.2) is 80.7 Å². The van der Waals surface area contributed by atoms with Crippen molar-refractivity contribution < 1.29 is 19.1 Å². The maximum atomic E-state index is 13.6. The Morgan fingerprint density at radius 3 is 2.67 bits per heavy atom. The number of pyridine rings is 2. The van der Waals surface area contributed by atoms with Crippen LogP contribution in [0, 0.1) is 0 Å². The number of nitrogens with two attached hydrogens (primary N) is 1. The van der Waals surface area contributed by atoms with Crippen molar-refractivity contribution in [2.45, 2.75) is 83.6 Å². The highest BCUT2D eigenvalue weighted by Gasteiger charge is 2.30. The molecule has 10 nitrogen and oxygen atoms in total. The lowest BCUT2D eigenvalue weighted by atomic mass is 9.90. The number of hydrogen-bond donors (Lipinski definition) is 1. The Morgan fingerprint density at radius 2 is 1.87 bits per heavy atom. The number of amides is 1. The first kappa shape index (κ1) is 32.1. The van der Waals surface area contributed by atoms with Gasteiger partial charge in [0.05, 0.1) is 36.2 Å². The third-order valence-electron chi connectivity index (χ3n) is 9.04. The van der Waals surface area contributed by atoms with Gasteiger partial charge in [-0.3, -0.25) is 24.5 Å². The van der Waals surface area contributed by atoms with Crippen LogP contribution >= 0.6 is 0 Å². The van der Waals surface area contributed by atoms with Gasteiger partial charge in [0.15, 0.2) is 0 Å². The molecule has 1 aliphatic heterocycles. The number of aryl methyl sites for hydroxylation is 1. The van der Waals surface area contributed by atoms with Crippen LogP contribution in [0.2, 0.25) is 0 Å². The maximum absolute atomic E-state index is 13.6. The van der Waals surface area contributed by atoms with Crippen LogP contribution in [-0.2, 0) is 38.6 Å². The van der Waals surface area contributed by atoms with Crippen LogP contribution in [0.25, 0.3) is 21.8 Å². The summed E-state index contributed by atoms with van der Waals surface area (Å²) in [6.45, 7) is 9.43. The molecule has 1 fully saturated rings. The van der Waals surface area contributed by atoms with Gasteiger partial charge in [0.1, 0.15) is 18.2 Å². The van der Waals surface area contributed by atoms with Crippen molar-refractivity contribution in [1.29, 1.82) is 0 Å². The van der Waals surface area contributed by atoms with Crippen molar-refractivity contribution in [3.63, 3.8) is 0 Å². The lowest BCUT2D eigenvalue weighted by Crippen LogP contribution is -2.42. The number of benzene rings is 1. The van der Waals surface area contributed by atoms with Crippen molar-refractivity contribution in [2.24, 2.45) is 5.73 Å². The fourth-order valence-electron chi connectivity index (χ4n) is 6.89. The van der Waals surface area contributed by atoms with E-state index in [1.807, 2.05) is 56.3 Å². The summed E-state index contributed by atoms with van der Waals surface area (Å²) in [4.78, 5) is 40.4. The fourth-order valence-corrected chi connectivity index (χ4v) is 6.89. The second-order valence-electron chi connectivity index (χ2n) is 13.5. The molecule has 1 amide bonds. The summed E-state index contributed by atoms with van der Waals surface area (Å²) in [5, 5.41) is 2.19. The van der Waals surface area contributed by atoms with Crippen LogP contribution in [0.3, 0.4) is 0 Å². The molecule has 3 aromatic heterocycles. The predicted octanol–water partition coefficient (Wildman–Crippen LogP) is 4.77. The molecule has 1 aliphatic carbocycles. The molecule has 244 valence electrons. The monoisotopic (exact) mass is 626 g/mol. The van der Waals surface area contributed by atoms with Crippen LogP contribution in [0.15, 0.2) is 54.9 Å². The summed E-state index contributed by atoms with van der Waals surface area (Å²) in [6.07, 6.45) is 8.05. The lowest BCUT2D eigenvalue weighted by molar-refractivity contribution is -0.156. The molecule has 2 N–H and O–H groups in total. The molecule has 0 spiro atoms. The predicted molar refractivity (Wildman–Crippen MR) is 178 cm³/mol. The van der Waals surface area contributed by atoms with Crippen LogP contribution in [0.1, 0.15) is 69.4 Å². The summed E-state index contributed by atoms with van der Waals surface area (Å²) in [5.74, 6) is -0.288. The number of rotatable bonds is 10. The van der Waals surface area contributed by atoms with E-state index in [1.54, 1.807) is 0 Å². The van der Waals surface area contributed by atoms with Gasteiger partial charge >= 0.3 is 5.97 Å². The van der Waals surface area contributed by atoms with Gasteiger partial charge in [-0.2, -0.15) is 0 Å². The summed E-state index contributed by atoms with van der Waals surface area (Å²) in [5.41, 5.74) is 11.0. The first-order valence-corrected chi connectivity index (χ1v) is 16.6. The number of esters is 1. The van der Waals surface area contributed by atoms with E-state index in [0.29, 0.717) is 52.2 Å². The SMILES string of the molecule is CC(C)(C)OC(=O)[C@@H](N)CCCN(Cc1nccc2c3ccccc3n(CC(=O)N3CCOCC3)c12)[C@H]1CCCc2cccnc21. The van der Waals surface area contributed by atoms with E-state index in [2.05, 4.69) is 33.7 Å². The number of ether oxygens (including phenoxy) is 2. The highest BCUT2D eigenvalue weighted by Crippen LogP contribution is 2.36. The first-order valence-electron chi connectivity index (χ1n) is 16.6. The van der Waals surface area contributed by atoms with Crippen molar-refractivity contribution >= 4 is 33.7 Å². The number of hydrogen-bond acceptors (Lipinski definition) is 8. The standard InChI is InChI=1S/C36H46N6O4/c1-36(2,3)46-35(44)28(37)12-8-18-41(31-14-6-9-25-10-7-16-39-33(25)31)23-29-34-27(15-17-38-29)26-11-4-5-13-30(26)42(34)24-32(43)40-19-21-45-22-20-40/h4-5,7,10-11,13,15-17,28,31H,6,8-9,12,14,18-24,37H2,1-3H3/t28-,31-/m0/s1. The van der Waals surface area contributed by atoms with Gasteiger partial charge in [0, 0.05) is 48.3 Å². The third-order valence-corrected chi connectivity index (χ3v) is 9.04. The second-order valence-corrected chi connectivity index (χ2v) is 13.5. The molecule has 1 aromatic carbocycles. The normalized spacial score (nSPS) is 17.8.